The van der Waals surface area contributed by atoms with Crippen molar-refractivity contribution in [3.8, 4) is 0 Å². The third-order valence-electron chi connectivity index (χ3n) is 5.56. The average molecular weight is 378 g/mol. The molecule has 2 rings (SSSR count). The lowest BCUT2D eigenvalue weighted by Crippen LogP contribution is -2.58. The molecule has 2 saturated heterocycles. The smallest absolute Gasteiger partial charge is 0.355 e. The first-order chi connectivity index (χ1) is 12.2. The van der Waals surface area contributed by atoms with E-state index in [-0.39, 0.29) is 0 Å². The van der Waals surface area contributed by atoms with Gasteiger partial charge in [0.25, 0.3) is 0 Å². The van der Waals surface area contributed by atoms with E-state index in [0.29, 0.717) is 32.2 Å². The summed E-state index contributed by atoms with van der Waals surface area (Å²) >= 11 is 0. The number of piperazine rings is 2. The van der Waals surface area contributed by atoms with Gasteiger partial charge in [-0.1, -0.05) is 0 Å². The Bertz CT molecular complexity index is 454. The maximum Gasteiger partial charge on any atom is 0.403 e. The molecule has 2 fully saturated rings. The molecular formula is C17H33F3N6. The van der Waals surface area contributed by atoms with Gasteiger partial charge in [0.15, 0.2) is 5.96 Å². The van der Waals surface area contributed by atoms with Gasteiger partial charge >= 0.3 is 6.18 Å². The van der Waals surface area contributed by atoms with Gasteiger partial charge < -0.3 is 15.1 Å². The van der Waals surface area contributed by atoms with Crippen LogP contribution in [0.5, 0.6) is 0 Å². The number of guanidine groups is 1. The van der Waals surface area contributed by atoms with Crippen LogP contribution in [0.25, 0.3) is 0 Å². The van der Waals surface area contributed by atoms with Gasteiger partial charge in [0.2, 0.25) is 0 Å². The minimum absolute atomic E-state index is 0.395. The number of hydrogen-bond acceptors (Lipinski definition) is 4. The molecule has 0 aromatic heterocycles. The third-order valence-corrected chi connectivity index (χ3v) is 5.56. The third kappa shape index (κ3) is 5.72. The average Bonchev–Trinajstić information content (AvgIpc) is 2.61. The molecule has 2 atom stereocenters. The van der Waals surface area contributed by atoms with Crippen molar-refractivity contribution in [2.75, 3.05) is 73.0 Å². The Kier molecular flexibility index (Phi) is 7.54. The van der Waals surface area contributed by atoms with Crippen LogP contribution in [0.15, 0.2) is 4.99 Å². The summed E-state index contributed by atoms with van der Waals surface area (Å²) in [5.41, 5.74) is 0. The van der Waals surface area contributed by atoms with Crippen LogP contribution in [0.4, 0.5) is 13.2 Å². The van der Waals surface area contributed by atoms with Gasteiger partial charge in [0, 0.05) is 72.0 Å². The second kappa shape index (κ2) is 9.23. The van der Waals surface area contributed by atoms with Crippen LogP contribution in [-0.2, 0) is 0 Å². The second-order valence-electron chi connectivity index (χ2n) is 7.36. The summed E-state index contributed by atoms with van der Waals surface area (Å²) in [6.45, 7) is 10.4. The molecule has 1 N–H and O–H groups in total. The summed E-state index contributed by atoms with van der Waals surface area (Å²) in [4.78, 5) is 12.7. The number of halogens is 3. The van der Waals surface area contributed by atoms with E-state index in [1.165, 1.54) is 11.8 Å². The lowest BCUT2D eigenvalue weighted by molar-refractivity contribution is -0.181. The van der Waals surface area contributed by atoms with Crippen molar-refractivity contribution < 1.29 is 13.2 Å². The van der Waals surface area contributed by atoms with E-state index in [1.807, 2.05) is 0 Å². The van der Waals surface area contributed by atoms with Crippen LogP contribution in [-0.4, -0.2) is 117 Å². The van der Waals surface area contributed by atoms with Crippen LogP contribution in [0.1, 0.15) is 13.8 Å². The zero-order chi connectivity index (χ0) is 19.3. The van der Waals surface area contributed by atoms with Gasteiger partial charge in [-0.3, -0.25) is 14.8 Å². The Hall–Kier alpha value is -1.06. The van der Waals surface area contributed by atoms with Crippen molar-refractivity contribution >= 4 is 5.96 Å². The maximum atomic E-state index is 12.9. The van der Waals surface area contributed by atoms with Gasteiger partial charge in [0.1, 0.15) is 6.04 Å². The number of alkyl halides is 3. The summed E-state index contributed by atoms with van der Waals surface area (Å²) in [5.74, 6) is 0.783. The molecule has 0 amide bonds. The monoisotopic (exact) mass is 378 g/mol. The lowest BCUT2D eigenvalue weighted by atomic mass is 10.2. The van der Waals surface area contributed by atoms with Crippen LogP contribution >= 0.6 is 0 Å². The number of nitrogens with zero attached hydrogens (tertiary/aromatic N) is 5. The fourth-order valence-corrected chi connectivity index (χ4v) is 3.49. The van der Waals surface area contributed by atoms with Crippen molar-refractivity contribution in [1.29, 1.82) is 0 Å². The van der Waals surface area contributed by atoms with Gasteiger partial charge in [-0.2, -0.15) is 13.2 Å². The van der Waals surface area contributed by atoms with Gasteiger partial charge in [-0.15, -0.1) is 0 Å². The molecule has 152 valence electrons. The number of hydrogen-bond donors (Lipinski definition) is 1. The largest absolute Gasteiger partial charge is 0.403 e. The standard InChI is InChI=1S/C17H33F3N6/c1-14(24-7-5-23(4)6-8-24)13-22-16(21-3)26-11-9-25(10-12-26)15(2)17(18,19)20/h14-15H,5-13H2,1-4H3,(H,21,22). The van der Waals surface area contributed by atoms with Crippen LogP contribution < -0.4 is 5.32 Å². The number of likely N-dealkylation sites (N-methyl/N-ethyl adjacent to an activating group) is 1. The van der Waals surface area contributed by atoms with Crippen molar-refractivity contribution in [1.82, 2.24) is 24.9 Å². The van der Waals surface area contributed by atoms with Gasteiger partial charge in [-0.25, -0.2) is 0 Å². The van der Waals surface area contributed by atoms with E-state index < -0.39 is 12.2 Å². The first-order valence-corrected chi connectivity index (χ1v) is 9.41. The normalized spacial score (nSPS) is 24.6. The second-order valence-corrected chi connectivity index (χ2v) is 7.36. The predicted octanol–water partition coefficient (Wildman–Crippen LogP) is 0.766. The first-order valence-electron chi connectivity index (χ1n) is 9.41. The summed E-state index contributed by atoms with van der Waals surface area (Å²) in [5, 5.41) is 3.40. The molecule has 0 saturated carbocycles. The van der Waals surface area contributed by atoms with E-state index in [2.05, 4.69) is 39.0 Å². The van der Waals surface area contributed by atoms with E-state index in [1.54, 1.807) is 7.05 Å². The molecule has 9 heteroatoms. The Labute approximate surface area is 155 Å². The molecule has 0 aliphatic carbocycles. The Balaban J connectivity index is 1.77. The molecule has 0 bridgehead atoms. The van der Waals surface area contributed by atoms with Crippen LogP contribution in [0.3, 0.4) is 0 Å². The number of aliphatic imine (C=N–C) groups is 1. The van der Waals surface area contributed by atoms with Crippen LogP contribution in [0, 0.1) is 0 Å². The highest BCUT2D eigenvalue weighted by atomic mass is 19.4. The topological polar surface area (TPSA) is 37.4 Å². The summed E-state index contributed by atoms with van der Waals surface area (Å²) in [6, 6.07) is -0.996. The SMILES string of the molecule is CN=C(NCC(C)N1CCN(C)CC1)N1CCN(C(C)C(F)(F)F)CC1. The molecule has 2 unspecified atom stereocenters. The molecule has 0 aromatic carbocycles. The summed E-state index contributed by atoms with van der Waals surface area (Å²) in [6.07, 6.45) is -4.17. The van der Waals surface area contributed by atoms with Gasteiger partial charge in [-0.05, 0) is 20.9 Å². The summed E-state index contributed by atoms with van der Waals surface area (Å²) in [7, 11) is 3.87. The zero-order valence-corrected chi connectivity index (χ0v) is 16.4. The highest BCUT2D eigenvalue weighted by molar-refractivity contribution is 5.80. The number of rotatable bonds is 4. The quantitative estimate of drug-likeness (QED) is 0.578. The molecule has 6 nitrogen and oxygen atoms in total. The first kappa shape index (κ1) is 21.2. The fourth-order valence-electron chi connectivity index (χ4n) is 3.49. The molecule has 2 heterocycles. The highest BCUT2D eigenvalue weighted by Crippen LogP contribution is 2.25. The minimum atomic E-state index is -4.17. The molecule has 0 aromatic rings. The maximum absolute atomic E-state index is 12.9. The van der Waals surface area contributed by atoms with E-state index in [0.717, 1.165) is 38.7 Å². The van der Waals surface area contributed by atoms with Crippen molar-refractivity contribution in [2.45, 2.75) is 32.1 Å². The molecular weight excluding hydrogens is 345 g/mol. The molecule has 0 radical (unpaired) electrons. The highest BCUT2D eigenvalue weighted by Gasteiger charge is 2.41. The lowest BCUT2D eigenvalue weighted by Gasteiger charge is -2.40. The van der Waals surface area contributed by atoms with E-state index >= 15 is 0 Å². The Morgan fingerprint density at radius 2 is 1.50 bits per heavy atom. The Morgan fingerprint density at radius 1 is 0.962 bits per heavy atom. The fraction of sp³-hybridized carbons (Fsp3) is 0.941. The number of nitrogens with one attached hydrogen (secondary N) is 1. The van der Waals surface area contributed by atoms with Crippen molar-refractivity contribution in [3.63, 3.8) is 0 Å². The van der Waals surface area contributed by atoms with Gasteiger partial charge in [0.05, 0.1) is 0 Å². The predicted molar refractivity (Wildman–Crippen MR) is 98.6 cm³/mol. The molecule has 26 heavy (non-hydrogen) atoms. The van der Waals surface area contributed by atoms with E-state index in [4.69, 9.17) is 0 Å². The zero-order valence-electron chi connectivity index (χ0n) is 16.4. The van der Waals surface area contributed by atoms with E-state index in [9.17, 15) is 13.2 Å². The molecule has 0 spiro atoms. The minimum Gasteiger partial charge on any atom is -0.355 e. The molecule has 2 aliphatic rings. The van der Waals surface area contributed by atoms with Crippen LogP contribution in [0.2, 0.25) is 0 Å². The van der Waals surface area contributed by atoms with Crippen molar-refractivity contribution in [3.05, 3.63) is 0 Å². The Morgan fingerprint density at radius 3 is 2.00 bits per heavy atom. The molecule has 2 aliphatic heterocycles. The summed E-state index contributed by atoms with van der Waals surface area (Å²) < 4.78 is 38.6. The van der Waals surface area contributed by atoms with Crippen molar-refractivity contribution in [2.24, 2.45) is 4.99 Å².